The summed E-state index contributed by atoms with van der Waals surface area (Å²) in [4.78, 5) is 37.0. The molecule has 0 saturated carbocycles. The summed E-state index contributed by atoms with van der Waals surface area (Å²) < 4.78 is 28.2. The number of hydrogen-bond acceptors (Lipinski definition) is 6. The highest BCUT2D eigenvalue weighted by molar-refractivity contribution is 7.88. The van der Waals surface area contributed by atoms with Crippen LogP contribution in [0.2, 0.25) is 0 Å². The van der Waals surface area contributed by atoms with Crippen LogP contribution < -0.4 is 5.32 Å². The quantitative estimate of drug-likeness (QED) is 0.778. The number of methoxy groups -OCH3 is 1. The van der Waals surface area contributed by atoms with Gasteiger partial charge >= 0.3 is 18.0 Å². The third-order valence-electron chi connectivity index (χ3n) is 3.45. The SMILES string of the molecule is COC(=O)[C@H](NC(=O)N1CCN(S(C)(=O)=O)C1=O)c1ccccc1. The van der Waals surface area contributed by atoms with Crippen LogP contribution in [0.1, 0.15) is 11.6 Å². The first kappa shape index (κ1) is 17.7. The molecular formula is C14H17N3O6S. The molecule has 1 aromatic carbocycles. The summed E-state index contributed by atoms with van der Waals surface area (Å²) in [5.74, 6) is -0.707. The molecule has 130 valence electrons. The fourth-order valence-corrected chi connectivity index (χ4v) is 3.05. The van der Waals surface area contributed by atoms with Gasteiger partial charge in [0, 0.05) is 0 Å². The van der Waals surface area contributed by atoms with E-state index in [-0.39, 0.29) is 13.1 Å². The molecule has 0 aliphatic carbocycles. The molecule has 0 bridgehead atoms. The van der Waals surface area contributed by atoms with E-state index in [2.05, 4.69) is 10.1 Å². The molecule has 0 spiro atoms. The number of nitrogens with zero attached hydrogens (tertiary/aromatic N) is 2. The molecule has 24 heavy (non-hydrogen) atoms. The van der Waals surface area contributed by atoms with Crippen molar-refractivity contribution < 1.29 is 27.5 Å². The zero-order chi connectivity index (χ0) is 17.9. The maximum atomic E-state index is 12.3. The first-order valence-corrected chi connectivity index (χ1v) is 8.83. The van der Waals surface area contributed by atoms with Crippen LogP contribution in [0.5, 0.6) is 0 Å². The van der Waals surface area contributed by atoms with Crippen LogP contribution in [0.15, 0.2) is 30.3 Å². The molecule has 9 nitrogen and oxygen atoms in total. The number of carbonyl (C=O) groups excluding carboxylic acids is 3. The number of nitrogens with one attached hydrogen (secondary N) is 1. The summed E-state index contributed by atoms with van der Waals surface area (Å²) in [6, 6.07) is 5.43. The van der Waals surface area contributed by atoms with E-state index < -0.39 is 34.1 Å². The van der Waals surface area contributed by atoms with Gasteiger partial charge in [-0.2, -0.15) is 0 Å². The van der Waals surface area contributed by atoms with Crippen LogP contribution in [0.25, 0.3) is 0 Å². The van der Waals surface area contributed by atoms with Crippen LogP contribution in [0, 0.1) is 0 Å². The first-order valence-electron chi connectivity index (χ1n) is 6.98. The Kier molecular flexibility index (Phi) is 5.07. The molecule has 1 aliphatic heterocycles. The van der Waals surface area contributed by atoms with E-state index in [0.29, 0.717) is 9.87 Å². The minimum atomic E-state index is -3.75. The molecule has 4 amide bonds. The highest BCUT2D eigenvalue weighted by atomic mass is 32.2. The Morgan fingerprint density at radius 3 is 2.33 bits per heavy atom. The van der Waals surface area contributed by atoms with Gasteiger partial charge in [0.05, 0.1) is 26.5 Å². The van der Waals surface area contributed by atoms with Crippen LogP contribution >= 0.6 is 0 Å². The van der Waals surface area contributed by atoms with Crippen molar-refractivity contribution in [3.05, 3.63) is 35.9 Å². The molecule has 1 aliphatic rings. The van der Waals surface area contributed by atoms with E-state index in [0.717, 1.165) is 11.2 Å². The second kappa shape index (κ2) is 6.87. The molecule has 1 aromatic rings. The number of carbonyl (C=O) groups is 3. The zero-order valence-corrected chi connectivity index (χ0v) is 13.9. The summed E-state index contributed by atoms with van der Waals surface area (Å²) in [6.07, 6.45) is 0.882. The Hall–Kier alpha value is -2.62. The lowest BCUT2D eigenvalue weighted by Gasteiger charge is -2.21. The number of ether oxygens (including phenoxy) is 1. The van der Waals surface area contributed by atoms with Crippen LogP contribution in [-0.4, -0.2) is 62.1 Å². The van der Waals surface area contributed by atoms with E-state index in [1.807, 2.05) is 0 Å². The van der Waals surface area contributed by atoms with Crippen molar-refractivity contribution in [2.24, 2.45) is 0 Å². The van der Waals surface area contributed by atoms with Crippen molar-refractivity contribution in [2.45, 2.75) is 6.04 Å². The fraction of sp³-hybridized carbons (Fsp3) is 0.357. The summed E-state index contributed by atoms with van der Waals surface area (Å²) in [6.45, 7) is -0.222. The molecule has 2 rings (SSSR count). The van der Waals surface area contributed by atoms with Gasteiger partial charge < -0.3 is 10.1 Å². The second-order valence-corrected chi connectivity index (χ2v) is 6.99. The first-order chi connectivity index (χ1) is 11.3. The highest BCUT2D eigenvalue weighted by Crippen LogP contribution is 2.17. The summed E-state index contributed by atoms with van der Waals surface area (Å²) in [5, 5.41) is 2.40. The van der Waals surface area contributed by atoms with Crippen molar-refractivity contribution in [1.82, 2.24) is 14.5 Å². The Balaban J connectivity index is 2.17. The largest absolute Gasteiger partial charge is 0.467 e. The van der Waals surface area contributed by atoms with Crippen LogP contribution in [0.3, 0.4) is 0 Å². The predicted octanol–water partition coefficient (Wildman–Crippen LogP) is 0.307. The van der Waals surface area contributed by atoms with E-state index >= 15 is 0 Å². The number of sulfonamides is 1. The minimum Gasteiger partial charge on any atom is -0.467 e. The van der Waals surface area contributed by atoms with Gasteiger partial charge in [0.15, 0.2) is 6.04 Å². The number of rotatable bonds is 4. The summed E-state index contributed by atoms with van der Waals surface area (Å²) in [7, 11) is -2.57. The minimum absolute atomic E-state index is 0.0968. The molecule has 1 fully saturated rings. The molecule has 0 aromatic heterocycles. The van der Waals surface area contributed by atoms with Gasteiger partial charge in [-0.05, 0) is 5.56 Å². The molecule has 0 unspecified atom stereocenters. The normalized spacial score (nSPS) is 16.0. The Morgan fingerprint density at radius 2 is 1.83 bits per heavy atom. The zero-order valence-electron chi connectivity index (χ0n) is 13.1. The number of benzene rings is 1. The highest BCUT2D eigenvalue weighted by Gasteiger charge is 2.39. The van der Waals surface area contributed by atoms with E-state index in [9.17, 15) is 22.8 Å². The molecular weight excluding hydrogens is 338 g/mol. The van der Waals surface area contributed by atoms with Gasteiger partial charge in [-0.1, -0.05) is 30.3 Å². The number of amides is 4. The molecule has 0 radical (unpaired) electrons. The molecule has 1 heterocycles. The predicted molar refractivity (Wildman–Crippen MR) is 83.4 cm³/mol. The van der Waals surface area contributed by atoms with E-state index in [1.165, 1.54) is 7.11 Å². The second-order valence-electron chi connectivity index (χ2n) is 5.09. The van der Waals surface area contributed by atoms with Gasteiger partial charge in [0.2, 0.25) is 10.0 Å². The Morgan fingerprint density at radius 1 is 1.21 bits per heavy atom. The van der Waals surface area contributed by atoms with Crippen molar-refractivity contribution in [3.63, 3.8) is 0 Å². The number of hydrogen-bond donors (Lipinski definition) is 1. The third kappa shape index (κ3) is 3.65. The molecule has 1 atom stereocenters. The molecule has 1 saturated heterocycles. The Bertz CT molecular complexity index is 749. The maximum absolute atomic E-state index is 12.3. The Labute approximate surface area is 139 Å². The summed E-state index contributed by atoms with van der Waals surface area (Å²) in [5.41, 5.74) is 0.476. The number of urea groups is 2. The van der Waals surface area contributed by atoms with Crippen molar-refractivity contribution in [3.8, 4) is 0 Å². The standard InChI is InChI=1S/C14H17N3O6S/c1-23-12(18)11(10-6-4-3-5-7-10)15-13(19)16-8-9-17(14(16)20)24(2,21)22/h3-7,11H,8-9H2,1-2H3,(H,15,19)/t11-/m1/s1. The van der Waals surface area contributed by atoms with Crippen molar-refractivity contribution in [1.29, 1.82) is 0 Å². The molecule has 1 N–H and O–H groups in total. The topological polar surface area (TPSA) is 113 Å². The lowest BCUT2D eigenvalue weighted by Crippen LogP contribution is -2.46. The number of esters is 1. The lowest BCUT2D eigenvalue weighted by molar-refractivity contribution is -0.143. The fourth-order valence-electron chi connectivity index (χ4n) is 2.26. The number of imide groups is 1. The monoisotopic (exact) mass is 355 g/mol. The van der Waals surface area contributed by atoms with Gasteiger partial charge in [0.25, 0.3) is 0 Å². The van der Waals surface area contributed by atoms with Crippen molar-refractivity contribution in [2.75, 3.05) is 26.5 Å². The molecule has 10 heteroatoms. The smallest absolute Gasteiger partial charge is 0.341 e. The van der Waals surface area contributed by atoms with Gasteiger partial charge in [0.1, 0.15) is 0 Å². The van der Waals surface area contributed by atoms with Gasteiger partial charge in [-0.3, -0.25) is 0 Å². The third-order valence-corrected chi connectivity index (χ3v) is 4.59. The van der Waals surface area contributed by atoms with Crippen LogP contribution in [0.4, 0.5) is 9.59 Å². The van der Waals surface area contributed by atoms with Crippen molar-refractivity contribution >= 4 is 28.1 Å². The van der Waals surface area contributed by atoms with E-state index in [1.54, 1.807) is 30.3 Å². The van der Waals surface area contributed by atoms with Gasteiger partial charge in [-0.25, -0.2) is 32.0 Å². The van der Waals surface area contributed by atoms with Crippen LogP contribution in [-0.2, 0) is 19.6 Å². The maximum Gasteiger partial charge on any atom is 0.341 e. The average molecular weight is 355 g/mol. The summed E-state index contributed by atoms with van der Waals surface area (Å²) >= 11 is 0. The van der Waals surface area contributed by atoms with Gasteiger partial charge in [-0.15, -0.1) is 0 Å². The van der Waals surface area contributed by atoms with E-state index in [4.69, 9.17) is 0 Å². The lowest BCUT2D eigenvalue weighted by atomic mass is 10.1. The average Bonchev–Trinajstić information content (AvgIpc) is 2.94.